The number of ether oxygens (including phenoxy) is 1. The summed E-state index contributed by atoms with van der Waals surface area (Å²) in [7, 11) is -2.16. The van der Waals surface area contributed by atoms with Gasteiger partial charge in [-0.3, -0.25) is 0 Å². The molecule has 18 heavy (non-hydrogen) atoms. The van der Waals surface area contributed by atoms with E-state index in [1.165, 1.54) is 19.2 Å². The Balaban J connectivity index is 0.00000289. The molecule has 0 saturated heterocycles. The fourth-order valence-corrected chi connectivity index (χ4v) is 3.54. The normalized spacial score (nSPS) is 10.9. The first-order chi connectivity index (χ1) is 7.92. The third-order valence-electron chi connectivity index (χ3n) is 1.93. The van der Waals surface area contributed by atoms with Crippen molar-refractivity contribution in [3.8, 4) is 5.75 Å². The predicted molar refractivity (Wildman–Crippen MR) is 77.2 cm³/mol. The predicted octanol–water partition coefficient (Wildman–Crippen LogP) is 1.77. The Hall–Kier alpha value is -0.0500. The average molecular weight is 380 g/mol. The number of nitrogens with one attached hydrogen (secondary N) is 1. The maximum atomic E-state index is 11.9. The molecule has 1 aromatic carbocycles. The van der Waals surface area contributed by atoms with Gasteiger partial charge in [-0.15, -0.1) is 12.4 Å². The average Bonchev–Trinajstić information content (AvgIpc) is 2.28. The maximum Gasteiger partial charge on any atom is 0.241 e. The van der Waals surface area contributed by atoms with Gasteiger partial charge in [-0.1, -0.05) is 11.6 Å². The van der Waals surface area contributed by atoms with Gasteiger partial charge in [0.1, 0.15) is 5.75 Å². The van der Waals surface area contributed by atoms with Crippen molar-refractivity contribution in [2.24, 2.45) is 5.73 Å². The van der Waals surface area contributed by atoms with Crippen molar-refractivity contribution in [3.05, 3.63) is 21.6 Å². The van der Waals surface area contributed by atoms with E-state index in [9.17, 15) is 8.42 Å². The molecule has 0 radical (unpaired) electrons. The molecule has 0 aliphatic rings. The van der Waals surface area contributed by atoms with Gasteiger partial charge in [-0.25, -0.2) is 13.1 Å². The van der Waals surface area contributed by atoms with Crippen LogP contribution < -0.4 is 15.2 Å². The molecule has 0 aliphatic carbocycles. The largest absolute Gasteiger partial charge is 0.495 e. The molecule has 0 amide bonds. The van der Waals surface area contributed by atoms with Gasteiger partial charge in [0.15, 0.2) is 0 Å². The van der Waals surface area contributed by atoms with E-state index in [1.807, 2.05) is 0 Å². The number of hydrogen-bond donors (Lipinski definition) is 2. The lowest BCUT2D eigenvalue weighted by Gasteiger charge is -2.10. The number of nitrogens with two attached hydrogens (primary N) is 1. The Bertz CT molecular complexity index is 511. The number of hydrogen-bond acceptors (Lipinski definition) is 4. The van der Waals surface area contributed by atoms with Crippen molar-refractivity contribution in [2.75, 3.05) is 20.2 Å². The highest BCUT2D eigenvalue weighted by molar-refractivity contribution is 9.10. The highest BCUT2D eigenvalue weighted by atomic mass is 79.9. The SMILES string of the molecule is COc1cc(Br)c(S(=O)(=O)NCCN)cc1Cl.Cl. The van der Waals surface area contributed by atoms with Crippen LogP contribution in [0.5, 0.6) is 5.75 Å². The van der Waals surface area contributed by atoms with Crippen LogP contribution in [-0.4, -0.2) is 28.6 Å². The van der Waals surface area contributed by atoms with Crippen LogP contribution in [0.25, 0.3) is 0 Å². The number of halogens is 3. The molecule has 0 heterocycles. The minimum absolute atomic E-state index is 0. The molecule has 104 valence electrons. The van der Waals surface area contributed by atoms with E-state index in [1.54, 1.807) is 0 Å². The van der Waals surface area contributed by atoms with Crippen LogP contribution in [0, 0.1) is 0 Å². The van der Waals surface area contributed by atoms with E-state index in [0.29, 0.717) is 10.2 Å². The summed E-state index contributed by atoms with van der Waals surface area (Å²) < 4.78 is 31.4. The van der Waals surface area contributed by atoms with Crippen LogP contribution in [0.3, 0.4) is 0 Å². The van der Waals surface area contributed by atoms with Crippen molar-refractivity contribution in [2.45, 2.75) is 4.90 Å². The van der Waals surface area contributed by atoms with Gasteiger partial charge in [0, 0.05) is 17.6 Å². The highest BCUT2D eigenvalue weighted by Crippen LogP contribution is 2.33. The molecule has 0 atom stereocenters. The Kier molecular flexibility index (Phi) is 7.50. The van der Waals surface area contributed by atoms with Crippen LogP contribution >= 0.6 is 39.9 Å². The zero-order valence-electron chi connectivity index (χ0n) is 9.44. The lowest BCUT2D eigenvalue weighted by atomic mass is 10.3. The van der Waals surface area contributed by atoms with Gasteiger partial charge in [0.2, 0.25) is 10.0 Å². The molecule has 5 nitrogen and oxygen atoms in total. The molecule has 0 fully saturated rings. The smallest absolute Gasteiger partial charge is 0.241 e. The third kappa shape index (κ3) is 4.25. The van der Waals surface area contributed by atoms with Gasteiger partial charge in [-0.2, -0.15) is 0 Å². The zero-order valence-corrected chi connectivity index (χ0v) is 13.4. The molecule has 0 aromatic heterocycles. The second kappa shape index (κ2) is 7.52. The lowest BCUT2D eigenvalue weighted by molar-refractivity contribution is 0.414. The molecule has 0 bridgehead atoms. The first-order valence-corrected chi connectivity index (χ1v) is 7.30. The molecular formula is C9H13BrCl2N2O3S. The quantitative estimate of drug-likeness (QED) is 0.816. The van der Waals surface area contributed by atoms with Crippen LogP contribution in [0.4, 0.5) is 0 Å². The van der Waals surface area contributed by atoms with E-state index < -0.39 is 10.0 Å². The summed E-state index contributed by atoms with van der Waals surface area (Å²) in [5, 5.41) is 0.226. The van der Waals surface area contributed by atoms with Gasteiger partial charge in [0.05, 0.1) is 17.0 Å². The molecular weight excluding hydrogens is 367 g/mol. The van der Waals surface area contributed by atoms with Crippen molar-refractivity contribution < 1.29 is 13.2 Å². The van der Waals surface area contributed by atoms with Crippen LogP contribution in [0.2, 0.25) is 5.02 Å². The summed E-state index contributed by atoms with van der Waals surface area (Å²) in [6.45, 7) is 0.388. The van der Waals surface area contributed by atoms with Gasteiger partial charge in [-0.05, 0) is 28.1 Å². The van der Waals surface area contributed by atoms with Crippen molar-refractivity contribution in [3.63, 3.8) is 0 Å². The molecule has 1 rings (SSSR count). The monoisotopic (exact) mass is 378 g/mol. The minimum Gasteiger partial charge on any atom is -0.495 e. The molecule has 0 unspecified atom stereocenters. The fraction of sp³-hybridized carbons (Fsp3) is 0.333. The van der Waals surface area contributed by atoms with Crippen LogP contribution in [0.1, 0.15) is 0 Å². The molecule has 9 heteroatoms. The maximum absolute atomic E-state index is 11.9. The van der Waals surface area contributed by atoms with Crippen LogP contribution in [-0.2, 0) is 10.0 Å². The Morgan fingerprint density at radius 3 is 2.61 bits per heavy atom. The van der Waals surface area contributed by atoms with Crippen molar-refractivity contribution in [1.82, 2.24) is 4.72 Å². The van der Waals surface area contributed by atoms with Gasteiger partial charge in [0.25, 0.3) is 0 Å². The number of rotatable bonds is 5. The first-order valence-electron chi connectivity index (χ1n) is 4.65. The Morgan fingerprint density at radius 1 is 1.50 bits per heavy atom. The number of benzene rings is 1. The minimum atomic E-state index is -3.62. The standard InChI is InChI=1S/C9H12BrClN2O3S.ClH/c1-16-8-4-6(10)9(5-7(8)11)17(14,15)13-3-2-12;/h4-5,13H,2-3,12H2,1H3;1H. The second-order valence-corrected chi connectivity index (χ2v) is 6.10. The summed E-state index contributed by atoms with van der Waals surface area (Å²) in [6.07, 6.45) is 0. The summed E-state index contributed by atoms with van der Waals surface area (Å²) >= 11 is 9.04. The zero-order chi connectivity index (χ0) is 13.1. The van der Waals surface area contributed by atoms with E-state index in [2.05, 4.69) is 20.7 Å². The summed E-state index contributed by atoms with van der Waals surface area (Å²) in [6, 6.07) is 2.82. The molecule has 3 N–H and O–H groups in total. The third-order valence-corrected chi connectivity index (χ3v) is 4.65. The lowest BCUT2D eigenvalue weighted by Crippen LogP contribution is -2.29. The van der Waals surface area contributed by atoms with E-state index in [0.717, 1.165) is 0 Å². The Labute approximate surface area is 126 Å². The molecule has 0 aliphatic heterocycles. The van der Waals surface area contributed by atoms with E-state index >= 15 is 0 Å². The summed E-state index contributed by atoms with van der Waals surface area (Å²) in [5.74, 6) is 0.399. The number of methoxy groups -OCH3 is 1. The van der Waals surface area contributed by atoms with E-state index in [-0.39, 0.29) is 35.4 Å². The van der Waals surface area contributed by atoms with E-state index in [4.69, 9.17) is 22.1 Å². The van der Waals surface area contributed by atoms with Gasteiger partial charge >= 0.3 is 0 Å². The first kappa shape index (κ1) is 17.9. The molecule has 0 spiro atoms. The van der Waals surface area contributed by atoms with Crippen molar-refractivity contribution >= 4 is 50.0 Å². The summed E-state index contributed by atoms with van der Waals surface area (Å²) in [4.78, 5) is 0.0525. The topological polar surface area (TPSA) is 81.4 Å². The molecule has 1 aromatic rings. The highest BCUT2D eigenvalue weighted by Gasteiger charge is 2.19. The number of sulfonamides is 1. The van der Waals surface area contributed by atoms with Gasteiger partial charge < -0.3 is 10.5 Å². The second-order valence-electron chi connectivity index (χ2n) is 3.10. The van der Waals surface area contributed by atoms with Crippen molar-refractivity contribution in [1.29, 1.82) is 0 Å². The van der Waals surface area contributed by atoms with Crippen LogP contribution in [0.15, 0.2) is 21.5 Å². The fourth-order valence-electron chi connectivity index (χ4n) is 1.14. The summed E-state index contributed by atoms with van der Waals surface area (Å²) in [5.41, 5.74) is 5.24. The Morgan fingerprint density at radius 2 is 2.11 bits per heavy atom. The molecule has 0 saturated carbocycles.